The van der Waals surface area contributed by atoms with Gasteiger partial charge < -0.3 is 5.32 Å². The highest BCUT2D eigenvalue weighted by molar-refractivity contribution is 5.78. The van der Waals surface area contributed by atoms with Crippen LogP contribution in [0.25, 0.3) is 0 Å². The molecule has 1 rings (SSSR count). The number of nitrogens with one attached hydrogen (secondary N) is 1. The Morgan fingerprint density at radius 3 is 2.50 bits per heavy atom. The molecule has 1 aliphatic rings. The minimum atomic E-state index is 0.123. The molecule has 1 amide bonds. The predicted octanol–water partition coefficient (Wildman–Crippen LogP) is 1.95. The second kappa shape index (κ2) is 3.92. The largest absolute Gasteiger partial charge is 0.353 e. The topological polar surface area (TPSA) is 29.1 Å². The van der Waals surface area contributed by atoms with E-state index >= 15 is 0 Å². The van der Waals surface area contributed by atoms with Crippen molar-refractivity contribution >= 4 is 5.91 Å². The standard InChI is InChI=1S/C10H19NO/c1-7(2)10(12)11-9-6-4-5-8(9)3/h7-9H,4-6H2,1-3H3,(H,11,12). The van der Waals surface area contributed by atoms with E-state index < -0.39 is 0 Å². The summed E-state index contributed by atoms with van der Waals surface area (Å²) in [7, 11) is 0. The van der Waals surface area contributed by atoms with Crippen LogP contribution in [0.4, 0.5) is 0 Å². The molecule has 0 aromatic heterocycles. The fraction of sp³-hybridized carbons (Fsp3) is 0.900. The fourth-order valence-electron chi connectivity index (χ4n) is 1.71. The normalized spacial score (nSPS) is 29.3. The number of carbonyl (C=O) groups excluding carboxylic acids is 1. The zero-order valence-corrected chi connectivity index (χ0v) is 8.26. The molecular weight excluding hydrogens is 150 g/mol. The van der Waals surface area contributed by atoms with Crippen LogP contribution in [-0.2, 0) is 4.79 Å². The van der Waals surface area contributed by atoms with Gasteiger partial charge in [0, 0.05) is 12.0 Å². The second-order valence-electron chi connectivity index (χ2n) is 4.18. The van der Waals surface area contributed by atoms with Crippen molar-refractivity contribution < 1.29 is 4.79 Å². The van der Waals surface area contributed by atoms with Crippen molar-refractivity contribution in [2.45, 2.75) is 46.1 Å². The van der Waals surface area contributed by atoms with Gasteiger partial charge in [-0.1, -0.05) is 27.2 Å². The number of amides is 1. The van der Waals surface area contributed by atoms with Crippen LogP contribution in [0.15, 0.2) is 0 Å². The Balaban J connectivity index is 2.35. The van der Waals surface area contributed by atoms with Crippen LogP contribution in [-0.4, -0.2) is 11.9 Å². The van der Waals surface area contributed by atoms with Gasteiger partial charge in [-0.2, -0.15) is 0 Å². The van der Waals surface area contributed by atoms with Gasteiger partial charge in [0.25, 0.3) is 0 Å². The molecule has 0 bridgehead atoms. The Labute approximate surface area is 74.7 Å². The lowest BCUT2D eigenvalue weighted by Crippen LogP contribution is -2.38. The molecule has 0 heterocycles. The molecule has 0 aromatic rings. The summed E-state index contributed by atoms with van der Waals surface area (Å²) in [6.45, 7) is 6.10. The minimum absolute atomic E-state index is 0.123. The summed E-state index contributed by atoms with van der Waals surface area (Å²) >= 11 is 0. The molecule has 2 unspecified atom stereocenters. The van der Waals surface area contributed by atoms with Gasteiger partial charge in [0.05, 0.1) is 0 Å². The van der Waals surface area contributed by atoms with Crippen molar-refractivity contribution in [3.63, 3.8) is 0 Å². The van der Waals surface area contributed by atoms with Gasteiger partial charge in [-0.05, 0) is 18.8 Å². The van der Waals surface area contributed by atoms with Crippen molar-refractivity contribution in [1.29, 1.82) is 0 Å². The Bertz CT molecular complexity index is 165. The van der Waals surface area contributed by atoms with E-state index in [2.05, 4.69) is 12.2 Å². The van der Waals surface area contributed by atoms with Crippen LogP contribution in [0.2, 0.25) is 0 Å². The molecular formula is C10H19NO. The third-order valence-electron chi connectivity index (χ3n) is 2.71. The molecule has 0 spiro atoms. The van der Waals surface area contributed by atoms with E-state index in [0.29, 0.717) is 12.0 Å². The Hall–Kier alpha value is -0.530. The van der Waals surface area contributed by atoms with Crippen molar-refractivity contribution in [2.75, 3.05) is 0 Å². The third kappa shape index (κ3) is 2.23. The molecule has 0 aromatic carbocycles. The third-order valence-corrected chi connectivity index (χ3v) is 2.71. The lowest BCUT2D eigenvalue weighted by Gasteiger charge is -2.18. The molecule has 2 atom stereocenters. The Morgan fingerprint density at radius 1 is 1.42 bits per heavy atom. The van der Waals surface area contributed by atoms with E-state index in [1.54, 1.807) is 0 Å². The number of hydrogen-bond acceptors (Lipinski definition) is 1. The molecule has 1 aliphatic carbocycles. The lowest BCUT2D eigenvalue weighted by molar-refractivity contribution is -0.124. The van der Waals surface area contributed by atoms with Gasteiger partial charge >= 0.3 is 0 Å². The van der Waals surface area contributed by atoms with Crippen LogP contribution in [0.3, 0.4) is 0 Å². The number of hydrogen-bond donors (Lipinski definition) is 1. The summed E-state index contributed by atoms with van der Waals surface area (Å²) in [6.07, 6.45) is 3.70. The van der Waals surface area contributed by atoms with Crippen molar-refractivity contribution in [1.82, 2.24) is 5.32 Å². The van der Waals surface area contributed by atoms with E-state index in [9.17, 15) is 4.79 Å². The maximum absolute atomic E-state index is 11.3. The molecule has 70 valence electrons. The van der Waals surface area contributed by atoms with E-state index in [4.69, 9.17) is 0 Å². The molecule has 2 heteroatoms. The Morgan fingerprint density at radius 2 is 2.08 bits per heavy atom. The number of rotatable bonds is 2. The zero-order chi connectivity index (χ0) is 9.14. The van der Waals surface area contributed by atoms with Crippen LogP contribution in [0, 0.1) is 11.8 Å². The fourth-order valence-corrected chi connectivity index (χ4v) is 1.71. The highest BCUT2D eigenvalue weighted by atomic mass is 16.1. The monoisotopic (exact) mass is 169 g/mol. The molecule has 0 saturated heterocycles. The van der Waals surface area contributed by atoms with Gasteiger partial charge in [0.2, 0.25) is 5.91 Å². The SMILES string of the molecule is CC(C)C(=O)NC1CCCC1C. The van der Waals surface area contributed by atoms with Gasteiger partial charge in [-0.3, -0.25) is 4.79 Å². The maximum atomic E-state index is 11.3. The molecule has 12 heavy (non-hydrogen) atoms. The Kier molecular flexibility index (Phi) is 3.12. The van der Waals surface area contributed by atoms with Crippen LogP contribution < -0.4 is 5.32 Å². The average Bonchev–Trinajstić information content (AvgIpc) is 2.36. The lowest BCUT2D eigenvalue weighted by atomic mass is 10.1. The maximum Gasteiger partial charge on any atom is 0.222 e. The summed E-state index contributed by atoms with van der Waals surface area (Å²) in [4.78, 5) is 11.3. The molecule has 0 radical (unpaired) electrons. The van der Waals surface area contributed by atoms with Crippen molar-refractivity contribution in [3.8, 4) is 0 Å². The minimum Gasteiger partial charge on any atom is -0.353 e. The van der Waals surface area contributed by atoms with E-state index in [1.165, 1.54) is 19.3 Å². The van der Waals surface area contributed by atoms with Crippen LogP contribution in [0.5, 0.6) is 0 Å². The summed E-state index contributed by atoms with van der Waals surface area (Å²) in [5.41, 5.74) is 0. The van der Waals surface area contributed by atoms with Crippen molar-refractivity contribution in [2.24, 2.45) is 11.8 Å². The van der Waals surface area contributed by atoms with E-state index in [0.717, 1.165) is 0 Å². The van der Waals surface area contributed by atoms with E-state index in [1.807, 2.05) is 13.8 Å². The van der Waals surface area contributed by atoms with Gasteiger partial charge in [0.15, 0.2) is 0 Å². The summed E-state index contributed by atoms with van der Waals surface area (Å²) in [5, 5.41) is 3.09. The molecule has 2 nitrogen and oxygen atoms in total. The van der Waals surface area contributed by atoms with Crippen LogP contribution in [0.1, 0.15) is 40.0 Å². The quantitative estimate of drug-likeness (QED) is 0.672. The summed E-state index contributed by atoms with van der Waals surface area (Å²) in [5.74, 6) is 0.999. The first-order valence-corrected chi connectivity index (χ1v) is 4.91. The predicted molar refractivity (Wildman–Crippen MR) is 49.8 cm³/mol. The van der Waals surface area contributed by atoms with Crippen molar-refractivity contribution in [3.05, 3.63) is 0 Å². The van der Waals surface area contributed by atoms with Gasteiger partial charge in [-0.25, -0.2) is 0 Å². The smallest absolute Gasteiger partial charge is 0.222 e. The number of carbonyl (C=O) groups is 1. The van der Waals surface area contributed by atoms with Gasteiger partial charge in [-0.15, -0.1) is 0 Å². The first-order chi connectivity index (χ1) is 5.61. The first-order valence-electron chi connectivity index (χ1n) is 4.91. The second-order valence-corrected chi connectivity index (χ2v) is 4.18. The van der Waals surface area contributed by atoms with E-state index in [-0.39, 0.29) is 11.8 Å². The average molecular weight is 169 g/mol. The van der Waals surface area contributed by atoms with Gasteiger partial charge in [0.1, 0.15) is 0 Å². The molecule has 1 fully saturated rings. The highest BCUT2D eigenvalue weighted by Gasteiger charge is 2.25. The molecule has 0 aliphatic heterocycles. The zero-order valence-electron chi connectivity index (χ0n) is 8.26. The molecule has 1 saturated carbocycles. The molecule has 1 N–H and O–H groups in total. The first kappa shape index (κ1) is 9.56. The summed E-state index contributed by atoms with van der Waals surface area (Å²) in [6, 6.07) is 0.444. The van der Waals surface area contributed by atoms with Crippen LogP contribution >= 0.6 is 0 Å². The summed E-state index contributed by atoms with van der Waals surface area (Å²) < 4.78 is 0. The highest BCUT2D eigenvalue weighted by Crippen LogP contribution is 2.24.